The zero-order chi connectivity index (χ0) is 16.7. The molecule has 1 aliphatic heterocycles. The lowest BCUT2D eigenvalue weighted by Gasteiger charge is -2.34. The standard InChI is InChI=1S/C18H29N3O2/c1-3-20(4-2)18(23)13-19-16-7-5-6-8-17(16)21-11-9-15(14-22)10-12-21/h5-8,15,19,22H,3-4,9-14H2,1-2H3. The molecule has 0 radical (unpaired) electrons. The number of carbonyl (C=O) groups excluding carboxylic acids is 1. The zero-order valence-corrected chi connectivity index (χ0v) is 14.3. The van der Waals surface area contributed by atoms with E-state index in [0.29, 0.717) is 12.5 Å². The molecule has 5 heteroatoms. The van der Waals surface area contributed by atoms with Gasteiger partial charge in [0.05, 0.1) is 17.9 Å². The maximum absolute atomic E-state index is 12.2. The van der Waals surface area contributed by atoms with Crippen molar-refractivity contribution in [2.24, 2.45) is 5.92 Å². The molecule has 0 spiro atoms. The van der Waals surface area contributed by atoms with E-state index in [-0.39, 0.29) is 12.5 Å². The molecule has 0 aromatic heterocycles. The van der Waals surface area contributed by atoms with Gasteiger partial charge >= 0.3 is 0 Å². The predicted molar refractivity (Wildman–Crippen MR) is 94.9 cm³/mol. The van der Waals surface area contributed by atoms with E-state index in [0.717, 1.165) is 50.4 Å². The summed E-state index contributed by atoms with van der Waals surface area (Å²) >= 11 is 0. The van der Waals surface area contributed by atoms with Crippen LogP contribution in [0.5, 0.6) is 0 Å². The average Bonchev–Trinajstić information content (AvgIpc) is 2.61. The zero-order valence-electron chi connectivity index (χ0n) is 14.3. The van der Waals surface area contributed by atoms with Crippen molar-refractivity contribution < 1.29 is 9.90 Å². The van der Waals surface area contributed by atoms with Crippen molar-refractivity contribution in [1.29, 1.82) is 0 Å². The maximum Gasteiger partial charge on any atom is 0.241 e. The number of benzene rings is 1. The molecule has 0 atom stereocenters. The average molecular weight is 319 g/mol. The number of anilines is 2. The summed E-state index contributed by atoms with van der Waals surface area (Å²) in [5.41, 5.74) is 2.16. The first-order valence-corrected chi connectivity index (χ1v) is 8.66. The molecule has 1 heterocycles. The van der Waals surface area contributed by atoms with E-state index in [4.69, 9.17) is 0 Å². The Morgan fingerprint density at radius 2 is 1.91 bits per heavy atom. The van der Waals surface area contributed by atoms with Gasteiger partial charge in [-0.05, 0) is 44.7 Å². The monoisotopic (exact) mass is 319 g/mol. The number of hydrogen-bond acceptors (Lipinski definition) is 4. The van der Waals surface area contributed by atoms with E-state index in [9.17, 15) is 9.90 Å². The molecule has 1 aromatic carbocycles. The van der Waals surface area contributed by atoms with Crippen LogP contribution in [-0.4, -0.2) is 55.2 Å². The Morgan fingerprint density at radius 3 is 2.52 bits per heavy atom. The van der Waals surface area contributed by atoms with E-state index in [1.165, 1.54) is 0 Å². The van der Waals surface area contributed by atoms with Gasteiger partial charge in [0.2, 0.25) is 5.91 Å². The number of para-hydroxylation sites is 2. The summed E-state index contributed by atoms with van der Waals surface area (Å²) in [6, 6.07) is 8.16. The first kappa shape index (κ1) is 17.6. The molecule has 128 valence electrons. The molecule has 23 heavy (non-hydrogen) atoms. The first-order valence-electron chi connectivity index (χ1n) is 8.66. The van der Waals surface area contributed by atoms with E-state index < -0.39 is 0 Å². The largest absolute Gasteiger partial charge is 0.396 e. The van der Waals surface area contributed by atoms with Crippen molar-refractivity contribution in [2.45, 2.75) is 26.7 Å². The number of rotatable bonds is 7. The predicted octanol–water partition coefficient (Wildman–Crippen LogP) is 2.18. The lowest BCUT2D eigenvalue weighted by Crippen LogP contribution is -2.37. The number of likely N-dealkylation sites (N-methyl/N-ethyl adjacent to an activating group) is 1. The Bertz CT molecular complexity index is 495. The van der Waals surface area contributed by atoms with Gasteiger partial charge in [-0.2, -0.15) is 0 Å². The van der Waals surface area contributed by atoms with Crippen molar-refractivity contribution in [2.75, 3.05) is 49.5 Å². The van der Waals surface area contributed by atoms with Gasteiger partial charge in [0.15, 0.2) is 0 Å². The van der Waals surface area contributed by atoms with Gasteiger partial charge in [0.25, 0.3) is 0 Å². The van der Waals surface area contributed by atoms with Gasteiger partial charge in [-0.1, -0.05) is 12.1 Å². The van der Waals surface area contributed by atoms with Crippen LogP contribution in [0.15, 0.2) is 24.3 Å². The van der Waals surface area contributed by atoms with Crippen LogP contribution in [0.2, 0.25) is 0 Å². The third kappa shape index (κ3) is 4.61. The lowest BCUT2D eigenvalue weighted by atomic mass is 9.97. The molecule has 5 nitrogen and oxygen atoms in total. The van der Waals surface area contributed by atoms with Gasteiger partial charge in [-0.25, -0.2) is 0 Å². The highest BCUT2D eigenvalue weighted by molar-refractivity contribution is 5.82. The fourth-order valence-electron chi connectivity index (χ4n) is 3.11. The molecule has 2 rings (SSSR count). The number of amides is 1. The van der Waals surface area contributed by atoms with Crippen molar-refractivity contribution in [3.63, 3.8) is 0 Å². The number of nitrogens with zero attached hydrogens (tertiary/aromatic N) is 2. The molecule has 1 aliphatic rings. The third-order valence-corrected chi connectivity index (χ3v) is 4.66. The van der Waals surface area contributed by atoms with E-state index in [2.05, 4.69) is 16.3 Å². The maximum atomic E-state index is 12.2. The van der Waals surface area contributed by atoms with E-state index in [1.54, 1.807) is 0 Å². The molecule has 2 N–H and O–H groups in total. The van der Waals surface area contributed by atoms with E-state index >= 15 is 0 Å². The van der Waals surface area contributed by atoms with Crippen LogP contribution in [-0.2, 0) is 4.79 Å². The summed E-state index contributed by atoms with van der Waals surface area (Å²) in [7, 11) is 0. The van der Waals surface area contributed by atoms with Crippen molar-refractivity contribution in [1.82, 2.24) is 4.90 Å². The quantitative estimate of drug-likeness (QED) is 0.809. The molecule has 1 aromatic rings. The minimum absolute atomic E-state index is 0.129. The highest BCUT2D eigenvalue weighted by atomic mass is 16.3. The molecule has 0 unspecified atom stereocenters. The SMILES string of the molecule is CCN(CC)C(=O)CNc1ccccc1N1CCC(CO)CC1. The van der Waals surface area contributed by atoms with Crippen LogP contribution in [0.1, 0.15) is 26.7 Å². The molecule has 1 saturated heterocycles. The van der Waals surface area contributed by atoms with Crippen LogP contribution in [0.3, 0.4) is 0 Å². The lowest BCUT2D eigenvalue weighted by molar-refractivity contribution is -0.128. The van der Waals surface area contributed by atoms with Gasteiger partial charge in [0.1, 0.15) is 0 Å². The molecule has 0 aliphatic carbocycles. The Balaban J connectivity index is 1.99. The van der Waals surface area contributed by atoms with Crippen LogP contribution in [0, 0.1) is 5.92 Å². The number of nitrogens with one attached hydrogen (secondary N) is 1. The van der Waals surface area contributed by atoms with Crippen LogP contribution in [0.4, 0.5) is 11.4 Å². The second-order valence-corrected chi connectivity index (χ2v) is 6.05. The van der Waals surface area contributed by atoms with Crippen molar-refractivity contribution in [3.05, 3.63) is 24.3 Å². The summed E-state index contributed by atoms with van der Waals surface area (Å²) < 4.78 is 0. The summed E-state index contributed by atoms with van der Waals surface area (Å²) in [5.74, 6) is 0.555. The fourth-order valence-corrected chi connectivity index (χ4v) is 3.11. The first-order chi connectivity index (χ1) is 11.2. The topological polar surface area (TPSA) is 55.8 Å². The number of piperidine rings is 1. The minimum Gasteiger partial charge on any atom is -0.396 e. The van der Waals surface area contributed by atoms with Crippen molar-refractivity contribution in [3.8, 4) is 0 Å². The third-order valence-electron chi connectivity index (χ3n) is 4.66. The number of carbonyl (C=O) groups is 1. The van der Waals surface area contributed by atoms with Crippen LogP contribution in [0.25, 0.3) is 0 Å². The number of aliphatic hydroxyl groups excluding tert-OH is 1. The van der Waals surface area contributed by atoms with Gasteiger partial charge in [0, 0.05) is 32.8 Å². The number of aliphatic hydroxyl groups is 1. The summed E-state index contributed by atoms with van der Waals surface area (Å²) in [6.07, 6.45) is 2.03. The van der Waals surface area contributed by atoms with Gasteiger partial charge < -0.3 is 20.2 Å². The Labute approximate surface area is 139 Å². The molecule has 1 amide bonds. The Kier molecular flexibility index (Phi) is 6.71. The second kappa shape index (κ2) is 8.77. The summed E-state index contributed by atoms with van der Waals surface area (Å²) in [5, 5.41) is 12.6. The molecular formula is C18H29N3O2. The Morgan fingerprint density at radius 1 is 1.26 bits per heavy atom. The second-order valence-electron chi connectivity index (χ2n) is 6.05. The van der Waals surface area contributed by atoms with Gasteiger partial charge in [-0.3, -0.25) is 4.79 Å². The van der Waals surface area contributed by atoms with E-state index in [1.807, 2.05) is 36.9 Å². The fraction of sp³-hybridized carbons (Fsp3) is 0.611. The Hall–Kier alpha value is -1.75. The number of hydrogen-bond donors (Lipinski definition) is 2. The summed E-state index contributed by atoms with van der Waals surface area (Å²) in [4.78, 5) is 16.3. The minimum atomic E-state index is 0.129. The molecule has 1 fully saturated rings. The van der Waals surface area contributed by atoms with Crippen LogP contribution < -0.4 is 10.2 Å². The highest BCUT2D eigenvalue weighted by Crippen LogP contribution is 2.29. The molecular weight excluding hydrogens is 290 g/mol. The molecule has 0 saturated carbocycles. The molecule has 0 bridgehead atoms. The van der Waals surface area contributed by atoms with Gasteiger partial charge in [-0.15, -0.1) is 0 Å². The smallest absolute Gasteiger partial charge is 0.241 e. The van der Waals surface area contributed by atoms with Crippen LogP contribution >= 0.6 is 0 Å². The summed E-state index contributed by atoms with van der Waals surface area (Å²) in [6.45, 7) is 8.00. The van der Waals surface area contributed by atoms with Crippen molar-refractivity contribution >= 4 is 17.3 Å². The highest BCUT2D eigenvalue weighted by Gasteiger charge is 2.20. The normalized spacial score (nSPS) is 15.5.